The summed E-state index contributed by atoms with van der Waals surface area (Å²) in [5.41, 5.74) is -0.782. The molecule has 1 aliphatic carbocycles. The molecule has 1 N–H and O–H groups in total. The van der Waals surface area contributed by atoms with Gasteiger partial charge in [-0.15, -0.1) is 11.3 Å². The molecule has 0 saturated heterocycles. The summed E-state index contributed by atoms with van der Waals surface area (Å²) >= 11 is 1.35. The maximum absolute atomic E-state index is 13.1. The fourth-order valence-electron chi connectivity index (χ4n) is 2.21. The Morgan fingerprint density at radius 1 is 1.41 bits per heavy atom. The van der Waals surface area contributed by atoms with Crippen LogP contribution in [0.3, 0.4) is 0 Å². The van der Waals surface area contributed by atoms with E-state index in [2.05, 4.69) is 4.98 Å². The van der Waals surface area contributed by atoms with E-state index in [1.165, 1.54) is 11.3 Å². The van der Waals surface area contributed by atoms with E-state index < -0.39 is 17.3 Å². The minimum atomic E-state index is -2.73. The molecule has 0 radical (unpaired) electrons. The van der Waals surface area contributed by atoms with E-state index in [1.807, 2.05) is 0 Å². The molecule has 17 heavy (non-hydrogen) atoms. The highest BCUT2D eigenvalue weighted by Gasteiger charge is 2.50. The minimum absolute atomic E-state index is 0.0431. The van der Waals surface area contributed by atoms with Gasteiger partial charge in [0.15, 0.2) is 0 Å². The summed E-state index contributed by atoms with van der Waals surface area (Å²) in [7, 11) is 0. The van der Waals surface area contributed by atoms with Gasteiger partial charge in [-0.05, 0) is 19.8 Å². The van der Waals surface area contributed by atoms with Crippen molar-refractivity contribution in [3.8, 4) is 0 Å². The standard InChI is InChI=1S/C11H13F2NO2S/c1-7-14-8(6-17-7)10(9(15)16)2-4-11(12,13)5-3-10/h6H,2-5H2,1H3,(H,15,16). The topological polar surface area (TPSA) is 50.2 Å². The summed E-state index contributed by atoms with van der Waals surface area (Å²) in [5, 5.41) is 11.8. The van der Waals surface area contributed by atoms with Gasteiger partial charge in [0.1, 0.15) is 5.41 Å². The zero-order chi connectivity index (χ0) is 12.7. The Morgan fingerprint density at radius 2 is 2.00 bits per heavy atom. The first kappa shape index (κ1) is 12.4. The van der Waals surface area contributed by atoms with Crippen LogP contribution in [0.15, 0.2) is 5.38 Å². The number of nitrogens with zero attached hydrogens (tertiary/aromatic N) is 1. The number of carboxylic acids is 1. The van der Waals surface area contributed by atoms with Gasteiger partial charge in [-0.25, -0.2) is 13.8 Å². The average molecular weight is 261 g/mol. The fraction of sp³-hybridized carbons (Fsp3) is 0.636. The molecule has 94 valence electrons. The number of hydrogen-bond acceptors (Lipinski definition) is 3. The number of hydrogen-bond donors (Lipinski definition) is 1. The summed E-state index contributed by atoms with van der Waals surface area (Å²) in [6.45, 7) is 1.78. The van der Waals surface area contributed by atoms with Crippen LogP contribution in [-0.4, -0.2) is 22.0 Å². The average Bonchev–Trinajstić information content (AvgIpc) is 2.65. The Morgan fingerprint density at radius 3 is 2.41 bits per heavy atom. The van der Waals surface area contributed by atoms with E-state index in [1.54, 1.807) is 12.3 Å². The third-order valence-electron chi connectivity index (χ3n) is 3.35. The number of rotatable bonds is 2. The zero-order valence-corrected chi connectivity index (χ0v) is 10.2. The van der Waals surface area contributed by atoms with Gasteiger partial charge in [0, 0.05) is 18.2 Å². The van der Waals surface area contributed by atoms with Crippen molar-refractivity contribution in [2.75, 3.05) is 0 Å². The van der Waals surface area contributed by atoms with Crippen LogP contribution in [0.25, 0.3) is 0 Å². The third kappa shape index (κ3) is 2.18. The van der Waals surface area contributed by atoms with Crippen molar-refractivity contribution in [3.05, 3.63) is 16.1 Å². The largest absolute Gasteiger partial charge is 0.481 e. The van der Waals surface area contributed by atoms with Gasteiger partial charge in [0.25, 0.3) is 0 Å². The molecule has 1 saturated carbocycles. The molecule has 6 heteroatoms. The molecule has 0 aromatic carbocycles. The predicted octanol–water partition coefficient (Wildman–Crippen LogP) is 2.98. The molecule has 0 aliphatic heterocycles. The van der Waals surface area contributed by atoms with Crippen LogP contribution in [0.1, 0.15) is 36.4 Å². The lowest BCUT2D eigenvalue weighted by molar-refractivity contribution is -0.149. The van der Waals surface area contributed by atoms with E-state index in [-0.39, 0.29) is 25.7 Å². The van der Waals surface area contributed by atoms with Crippen molar-refractivity contribution in [2.45, 2.75) is 43.9 Å². The zero-order valence-electron chi connectivity index (χ0n) is 9.37. The van der Waals surface area contributed by atoms with Gasteiger partial charge in [-0.3, -0.25) is 4.79 Å². The van der Waals surface area contributed by atoms with Crippen molar-refractivity contribution >= 4 is 17.3 Å². The Labute approximate surface area is 101 Å². The molecule has 0 spiro atoms. The van der Waals surface area contributed by atoms with Crippen molar-refractivity contribution in [3.63, 3.8) is 0 Å². The number of thiazole rings is 1. The van der Waals surface area contributed by atoms with Gasteiger partial charge < -0.3 is 5.11 Å². The van der Waals surface area contributed by atoms with Gasteiger partial charge in [-0.2, -0.15) is 0 Å². The summed E-state index contributed by atoms with van der Waals surface area (Å²) in [6.07, 6.45) is -0.844. The Balaban J connectivity index is 2.33. The number of aromatic nitrogens is 1. The molecule has 0 bridgehead atoms. The van der Waals surface area contributed by atoms with Gasteiger partial charge in [0.2, 0.25) is 5.92 Å². The number of alkyl halides is 2. The minimum Gasteiger partial charge on any atom is -0.481 e. The summed E-state index contributed by atoms with van der Waals surface area (Å²) < 4.78 is 26.2. The van der Waals surface area contributed by atoms with Crippen LogP contribution in [-0.2, 0) is 10.2 Å². The lowest BCUT2D eigenvalue weighted by Crippen LogP contribution is -2.43. The lowest BCUT2D eigenvalue weighted by atomic mass is 9.71. The van der Waals surface area contributed by atoms with Crippen molar-refractivity contribution in [1.82, 2.24) is 4.98 Å². The molecule has 0 amide bonds. The molecule has 1 aromatic rings. The smallest absolute Gasteiger partial charge is 0.315 e. The molecule has 1 aromatic heterocycles. The summed E-state index contributed by atoms with van der Waals surface area (Å²) in [6, 6.07) is 0. The van der Waals surface area contributed by atoms with Gasteiger partial charge in [-0.1, -0.05) is 0 Å². The van der Waals surface area contributed by atoms with Crippen molar-refractivity contribution in [1.29, 1.82) is 0 Å². The highest BCUT2D eigenvalue weighted by atomic mass is 32.1. The van der Waals surface area contributed by atoms with Crippen molar-refractivity contribution in [2.24, 2.45) is 0 Å². The summed E-state index contributed by atoms with van der Waals surface area (Å²) in [5.74, 6) is -3.78. The van der Waals surface area contributed by atoms with Crippen LogP contribution < -0.4 is 0 Å². The van der Waals surface area contributed by atoms with Gasteiger partial charge >= 0.3 is 5.97 Å². The van der Waals surface area contributed by atoms with E-state index in [4.69, 9.17) is 0 Å². The van der Waals surface area contributed by atoms with Crippen LogP contribution >= 0.6 is 11.3 Å². The van der Waals surface area contributed by atoms with Crippen LogP contribution in [0, 0.1) is 6.92 Å². The van der Waals surface area contributed by atoms with Crippen molar-refractivity contribution < 1.29 is 18.7 Å². The fourth-order valence-corrected chi connectivity index (χ4v) is 2.92. The molecular formula is C11H13F2NO2S. The maximum Gasteiger partial charge on any atom is 0.315 e. The lowest BCUT2D eigenvalue weighted by Gasteiger charge is -2.35. The molecule has 2 rings (SSSR count). The Hall–Kier alpha value is -1.04. The maximum atomic E-state index is 13.1. The molecule has 3 nitrogen and oxygen atoms in total. The summed E-state index contributed by atoms with van der Waals surface area (Å²) in [4.78, 5) is 15.6. The van der Waals surface area contributed by atoms with E-state index in [0.717, 1.165) is 5.01 Å². The second-order valence-electron chi connectivity index (χ2n) is 4.49. The van der Waals surface area contributed by atoms with Gasteiger partial charge in [0.05, 0.1) is 10.7 Å². The quantitative estimate of drug-likeness (QED) is 0.890. The number of aryl methyl sites for hydroxylation is 1. The molecule has 0 atom stereocenters. The highest BCUT2D eigenvalue weighted by Crippen LogP contribution is 2.45. The third-order valence-corrected chi connectivity index (χ3v) is 4.13. The van der Waals surface area contributed by atoms with E-state index in [9.17, 15) is 18.7 Å². The number of carboxylic acid groups (broad SMARTS) is 1. The van der Waals surface area contributed by atoms with Crippen LogP contribution in [0.5, 0.6) is 0 Å². The second kappa shape index (κ2) is 4.01. The first-order valence-corrected chi connectivity index (χ1v) is 6.28. The highest BCUT2D eigenvalue weighted by molar-refractivity contribution is 7.09. The first-order chi connectivity index (χ1) is 7.86. The van der Waals surface area contributed by atoms with E-state index >= 15 is 0 Å². The molecule has 1 fully saturated rings. The first-order valence-electron chi connectivity index (χ1n) is 5.40. The second-order valence-corrected chi connectivity index (χ2v) is 5.56. The normalized spacial score (nSPS) is 22.3. The number of halogens is 2. The van der Waals surface area contributed by atoms with Crippen LogP contribution in [0.4, 0.5) is 8.78 Å². The number of aliphatic carboxylic acids is 1. The predicted molar refractivity (Wildman–Crippen MR) is 59.6 cm³/mol. The molecule has 1 aliphatic rings. The number of carbonyl (C=O) groups is 1. The van der Waals surface area contributed by atoms with Crippen LogP contribution in [0.2, 0.25) is 0 Å². The molecule has 1 heterocycles. The molecular weight excluding hydrogens is 248 g/mol. The van der Waals surface area contributed by atoms with E-state index in [0.29, 0.717) is 5.69 Å². The SMILES string of the molecule is Cc1nc(C2(C(=O)O)CCC(F)(F)CC2)cs1. The monoisotopic (exact) mass is 261 g/mol. The Bertz CT molecular complexity index is 434. The molecule has 0 unspecified atom stereocenters. The Kier molecular flexibility index (Phi) is 2.93.